The molecule has 0 atom stereocenters. The highest BCUT2D eigenvalue weighted by atomic mass is 32.2. The number of aryl methyl sites for hydroxylation is 2. The van der Waals surface area contributed by atoms with Gasteiger partial charge in [0.2, 0.25) is 0 Å². The second kappa shape index (κ2) is 10.3. The van der Waals surface area contributed by atoms with Gasteiger partial charge in [-0.15, -0.1) is 0 Å². The van der Waals surface area contributed by atoms with Gasteiger partial charge in [0.05, 0.1) is 16.6 Å². The maximum Gasteiger partial charge on any atom is 0.266 e. The van der Waals surface area contributed by atoms with Crippen LogP contribution in [0.15, 0.2) is 70.6 Å². The van der Waals surface area contributed by atoms with Crippen LogP contribution in [0.1, 0.15) is 46.3 Å². The van der Waals surface area contributed by atoms with E-state index in [0.717, 1.165) is 49.0 Å². The number of hydrogen-bond donors (Lipinski definition) is 0. The molecule has 0 bridgehead atoms. The van der Waals surface area contributed by atoms with Gasteiger partial charge >= 0.3 is 0 Å². The van der Waals surface area contributed by atoms with Crippen LogP contribution < -0.4 is 5.56 Å². The quantitative estimate of drug-likeness (QED) is 0.246. The molecule has 0 unspecified atom stereocenters. The predicted octanol–water partition coefficient (Wildman–Crippen LogP) is 6.06. The van der Waals surface area contributed by atoms with E-state index in [1.54, 1.807) is 30.3 Å². The van der Waals surface area contributed by atoms with Crippen molar-refractivity contribution in [2.45, 2.75) is 44.0 Å². The molecule has 1 saturated heterocycles. The first-order chi connectivity index (χ1) is 17.4. The van der Waals surface area contributed by atoms with Crippen LogP contribution in [0.2, 0.25) is 0 Å². The average molecular weight is 502 g/mol. The summed E-state index contributed by atoms with van der Waals surface area (Å²) in [6.45, 7) is 5.61. The Morgan fingerprint density at radius 2 is 1.81 bits per heavy atom. The van der Waals surface area contributed by atoms with Crippen LogP contribution in [-0.4, -0.2) is 33.4 Å². The lowest BCUT2D eigenvalue weighted by Crippen LogP contribution is -2.35. The van der Waals surface area contributed by atoms with E-state index in [0.29, 0.717) is 33.1 Å². The van der Waals surface area contributed by atoms with Gasteiger partial charge in [-0.1, -0.05) is 41.6 Å². The lowest BCUT2D eigenvalue weighted by molar-refractivity contribution is 0.0724. The highest BCUT2D eigenvalue weighted by Gasteiger charge is 2.20. The summed E-state index contributed by atoms with van der Waals surface area (Å²) < 4.78 is 15.6. The Hall–Kier alpha value is -3.45. The maximum absolute atomic E-state index is 14.1. The number of fused-ring (bicyclic) bond motifs is 1. The SMILES string of the molecule is Cc1ccc(C)c(CSc2nc3cc(C(=O)N4CCCCC4)ccc3c(=O)n2-c2cccc(F)c2)c1. The summed E-state index contributed by atoms with van der Waals surface area (Å²) in [7, 11) is 0. The minimum absolute atomic E-state index is 0.0303. The first-order valence-corrected chi connectivity index (χ1v) is 13.2. The van der Waals surface area contributed by atoms with Gasteiger partial charge in [0.15, 0.2) is 5.16 Å². The van der Waals surface area contributed by atoms with Gasteiger partial charge in [0, 0.05) is 24.4 Å². The molecule has 7 heteroatoms. The lowest BCUT2D eigenvalue weighted by atomic mass is 10.1. The number of aromatic nitrogens is 2. The normalized spacial score (nSPS) is 13.8. The summed E-state index contributed by atoms with van der Waals surface area (Å²) in [5, 5.41) is 0.854. The van der Waals surface area contributed by atoms with E-state index in [1.807, 2.05) is 11.8 Å². The molecule has 1 aliphatic rings. The van der Waals surface area contributed by atoms with Gasteiger partial charge in [-0.3, -0.25) is 14.2 Å². The van der Waals surface area contributed by atoms with Crippen molar-refractivity contribution in [2.75, 3.05) is 13.1 Å². The third-order valence-electron chi connectivity index (χ3n) is 6.66. The number of likely N-dealkylation sites (tertiary alicyclic amines) is 1. The number of benzene rings is 3. The fourth-order valence-corrected chi connectivity index (χ4v) is 5.69. The Morgan fingerprint density at radius 3 is 2.58 bits per heavy atom. The summed E-state index contributed by atoms with van der Waals surface area (Å²) >= 11 is 1.43. The molecular weight excluding hydrogens is 473 g/mol. The number of piperidine rings is 1. The van der Waals surface area contributed by atoms with Gasteiger partial charge in [-0.25, -0.2) is 9.37 Å². The molecule has 36 heavy (non-hydrogen) atoms. The number of rotatable bonds is 5. The number of amides is 1. The molecule has 1 amide bonds. The van der Waals surface area contributed by atoms with Gasteiger partial charge in [0.1, 0.15) is 5.82 Å². The van der Waals surface area contributed by atoms with E-state index in [1.165, 1.54) is 28.5 Å². The number of carbonyl (C=O) groups is 1. The number of hydrogen-bond acceptors (Lipinski definition) is 4. The molecule has 3 aromatic carbocycles. The molecule has 5 rings (SSSR count). The molecular formula is C29H28FN3O2S. The van der Waals surface area contributed by atoms with Crippen LogP contribution in [0.25, 0.3) is 16.6 Å². The summed E-state index contributed by atoms with van der Waals surface area (Å²) in [5.74, 6) is 0.150. The van der Waals surface area contributed by atoms with Crippen LogP contribution in [0, 0.1) is 19.7 Å². The second-order valence-corrected chi connectivity index (χ2v) is 10.3. The van der Waals surface area contributed by atoms with E-state index in [2.05, 4.69) is 25.1 Å². The molecule has 1 aromatic heterocycles. The third-order valence-corrected chi connectivity index (χ3v) is 7.64. The van der Waals surface area contributed by atoms with Gasteiger partial charge < -0.3 is 4.90 Å². The van der Waals surface area contributed by atoms with Crippen LogP contribution in [-0.2, 0) is 5.75 Å². The zero-order chi connectivity index (χ0) is 25.2. The summed E-state index contributed by atoms with van der Waals surface area (Å²) in [5.41, 5.74) is 4.60. The molecule has 0 radical (unpaired) electrons. The van der Waals surface area contributed by atoms with Gasteiger partial charge in [-0.2, -0.15) is 0 Å². The number of nitrogens with zero attached hydrogens (tertiary/aromatic N) is 3. The third kappa shape index (κ3) is 4.93. The monoisotopic (exact) mass is 501 g/mol. The summed E-state index contributed by atoms with van der Waals surface area (Å²) in [4.78, 5) is 33.5. The Labute approximate surface area is 214 Å². The minimum Gasteiger partial charge on any atom is -0.339 e. The van der Waals surface area contributed by atoms with Crippen molar-refractivity contribution in [1.29, 1.82) is 0 Å². The predicted molar refractivity (Wildman–Crippen MR) is 143 cm³/mol. The molecule has 5 nitrogen and oxygen atoms in total. The summed E-state index contributed by atoms with van der Waals surface area (Å²) in [6.07, 6.45) is 3.16. The summed E-state index contributed by atoms with van der Waals surface area (Å²) in [6, 6.07) is 17.3. The second-order valence-electron chi connectivity index (χ2n) is 9.32. The highest BCUT2D eigenvalue weighted by Crippen LogP contribution is 2.27. The molecule has 1 aliphatic heterocycles. The van der Waals surface area contributed by atoms with Crippen LogP contribution in [0.5, 0.6) is 0 Å². The van der Waals surface area contributed by atoms with Crippen molar-refractivity contribution >= 4 is 28.6 Å². The first kappa shape index (κ1) is 24.3. The van der Waals surface area contributed by atoms with E-state index in [4.69, 9.17) is 4.98 Å². The fraction of sp³-hybridized carbons (Fsp3) is 0.276. The minimum atomic E-state index is -0.424. The lowest BCUT2D eigenvalue weighted by Gasteiger charge is -2.26. The highest BCUT2D eigenvalue weighted by molar-refractivity contribution is 7.98. The largest absolute Gasteiger partial charge is 0.339 e. The van der Waals surface area contributed by atoms with Crippen LogP contribution >= 0.6 is 11.8 Å². The van der Waals surface area contributed by atoms with Crippen molar-refractivity contribution in [2.24, 2.45) is 0 Å². The molecule has 0 N–H and O–H groups in total. The zero-order valence-electron chi connectivity index (χ0n) is 20.5. The van der Waals surface area contributed by atoms with Crippen molar-refractivity contribution < 1.29 is 9.18 Å². The average Bonchev–Trinajstić information content (AvgIpc) is 2.89. The number of carbonyl (C=O) groups excluding carboxylic acids is 1. The molecule has 0 spiro atoms. The smallest absolute Gasteiger partial charge is 0.266 e. The van der Waals surface area contributed by atoms with E-state index in [-0.39, 0.29) is 11.5 Å². The zero-order valence-corrected chi connectivity index (χ0v) is 21.3. The Balaban J connectivity index is 1.60. The van der Waals surface area contributed by atoms with Gasteiger partial charge in [0.25, 0.3) is 11.5 Å². The van der Waals surface area contributed by atoms with Crippen molar-refractivity contribution in [1.82, 2.24) is 14.5 Å². The van der Waals surface area contributed by atoms with Crippen LogP contribution in [0.4, 0.5) is 4.39 Å². The number of halogens is 1. The van der Waals surface area contributed by atoms with E-state index in [9.17, 15) is 14.0 Å². The number of thioether (sulfide) groups is 1. The molecule has 2 heterocycles. The molecule has 0 saturated carbocycles. The Kier molecular flexibility index (Phi) is 6.92. The van der Waals surface area contributed by atoms with Gasteiger partial charge in [-0.05, 0) is 80.6 Å². The Bertz CT molecular complexity index is 1510. The molecule has 0 aliphatic carbocycles. The van der Waals surface area contributed by atoms with E-state index >= 15 is 0 Å². The fourth-order valence-electron chi connectivity index (χ4n) is 4.62. The first-order valence-electron chi connectivity index (χ1n) is 12.2. The van der Waals surface area contributed by atoms with Crippen LogP contribution in [0.3, 0.4) is 0 Å². The molecule has 184 valence electrons. The van der Waals surface area contributed by atoms with E-state index < -0.39 is 5.82 Å². The molecule has 1 fully saturated rings. The van der Waals surface area contributed by atoms with Crippen molar-refractivity contribution in [3.63, 3.8) is 0 Å². The maximum atomic E-state index is 14.1. The van der Waals surface area contributed by atoms with Crippen molar-refractivity contribution in [3.8, 4) is 5.69 Å². The standard InChI is InChI=1S/C29H28FN3O2S/c1-19-9-10-20(2)22(15-19)18-36-29-31-26-16-21(27(34)32-13-4-3-5-14-32)11-12-25(26)28(35)33(29)24-8-6-7-23(30)17-24/h6-12,15-17H,3-5,13-14,18H2,1-2H3. The van der Waals surface area contributed by atoms with Crippen molar-refractivity contribution in [3.05, 3.63) is 99.1 Å². The molecule has 4 aromatic rings. The topological polar surface area (TPSA) is 55.2 Å². The Morgan fingerprint density at radius 1 is 1.00 bits per heavy atom.